The summed E-state index contributed by atoms with van der Waals surface area (Å²) in [6, 6.07) is 26.1. The van der Waals surface area contributed by atoms with Crippen molar-refractivity contribution in [1.29, 1.82) is 0 Å². The van der Waals surface area contributed by atoms with Crippen LogP contribution < -0.4 is 4.74 Å². The van der Waals surface area contributed by atoms with E-state index in [2.05, 4.69) is 46.6 Å². The van der Waals surface area contributed by atoms with E-state index in [1.165, 1.54) is 11.1 Å². The van der Waals surface area contributed by atoms with Gasteiger partial charge in [0.05, 0.1) is 18.5 Å². The Labute approximate surface area is 136 Å². The second-order valence-electron chi connectivity index (χ2n) is 5.23. The lowest BCUT2D eigenvalue weighted by atomic mass is 10.1. The summed E-state index contributed by atoms with van der Waals surface area (Å²) in [5.74, 6) is 0.814. The van der Waals surface area contributed by atoms with E-state index < -0.39 is 0 Å². The molecule has 0 aliphatic heterocycles. The van der Waals surface area contributed by atoms with Gasteiger partial charge in [-0.2, -0.15) is 10.2 Å². The number of ether oxygens (including phenoxy) is 1. The first-order valence-electron chi connectivity index (χ1n) is 7.52. The van der Waals surface area contributed by atoms with Crippen molar-refractivity contribution < 1.29 is 4.74 Å². The molecule has 0 aliphatic rings. The Morgan fingerprint density at radius 1 is 0.652 bits per heavy atom. The zero-order valence-electron chi connectivity index (χ0n) is 13.0. The average Bonchev–Trinajstić information content (AvgIpc) is 2.62. The molecule has 114 valence electrons. The maximum atomic E-state index is 5.12. The van der Waals surface area contributed by atoms with Gasteiger partial charge in [0.25, 0.3) is 0 Å². The highest BCUT2D eigenvalue weighted by Crippen LogP contribution is 2.21. The molecule has 23 heavy (non-hydrogen) atoms. The number of azo groups is 1. The highest BCUT2D eigenvalue weighted by molar-refractivity contribution is 5.43. The van der Waals surface area contributed by atoms with E-state index in [1.807, 2.05) is 42.5 Å². The van der Waals surface area contributed by atoms with Gasteiger partial charge < -0.3 is 4.74 Å². The second kappa shape index (κ2) is 7.36. The van der Waals surface area contributed by atoms with Gasteiger partial charge in [-0.1, -0.05) is 42.5 Å². The van der Waals surface area contributed by atoms with E-state index in [0.29, 0.717) is 0 Å². The maximum Gasteiger partial charge on any atom is 0.119 e. The summed E-state index contributed by atoms with van der Waals surface area (Å²) in [5, 5.41) is 8.50. The first kappa shape index (κ1) is 15.0. The van der Waals surface area contributed by atoms with E-state index in [0.717, 1.165) is 23.5 Å². The van der Waals surface area contributed by atoms with Crippen molar-refractivity contribution in [2.45, 2.75) is 6.42 Å². The third-order valence-electron chi connectivity index (χ3n) is 3.54. The van der Waals surface area contributed by atoms with Crippen molar-refractivity contribution in [2.24, 2.45) is 10.2 Å². The van der Waals surface area contributed by atoms with Gasteiger partial charge in [0, 0.05) is 0 Å². The van der Waals surface area contributed by atoms with E-state index in [1.54, 1.807) is 7.11 Å². The van der Waals surface area contributed by atoms with Gasteiger partial charge in [0.15, 0.2) is 0 Å². The fourth-order valence-electron chi connectivity index (χ4n) is 2.28. The quantitative estimate of drug-likeness (QED) is 0.556. The Balaban J connectivity index is 1.65. The van der Waals surface area contributed by atoms with Crippen LogP contribution in [0.1, 0.15) is 11.1 Å². The predicted octanol–water partition coefficient (Wildman–Crippen LogP) is 5.70. The molecule has 0 fully saturated rings. The first-order chi connectivity index (χ1) is 11.3. The van der Waals surface area contributed by atoms with Crippen LogP contribution in [0.4, 0.5) is 11.4 Å². The summed E-state index contributed by atoms with van der Waals surface area (Å²) in [6.07, 6.45) is 0.927. The van der Waals surface area contributed by atoms with Gasteiger partial charge in [0.1, 0.15) is 5.75 Å². The lowest BCUT2D eigenvalue weighted by molar-refractivity contribution is 0.415. The van der Waals surface area contributed by atoms with Crippen LogP contribution in [0, 0.1) is 0 Å². The molecule has 0 saturated heterocycles. The van der Waals surface area contributed by atoms with Crippen LogP contribution >= 0.6 is 0 Å². The molecular weight excluding hydrogens is 284 g/mol. The molecule has 3 nitrogen and oxygen atoms in total. The molecule has 0 saturated carbocycles. The van der Waals surface area contributed by atoms with Gasteiger partial charge in [-0.3, -0.25) is 0 Å². The van der Waals surface area contributed by atoms with Crippen molar-refractivity contribution >= 4 is 11.4 Å². The Hall–Kier alpha value is -2.94. The lowest BCUT2D eigenvalue weighted by Crippen LogP contribution is -1.86. The van der Waals surface area contributed by atoms with Gasteiger partial charge in [-0.05, 0) is 53.9 Å². The minimum atomic E-state index is 0.805. The van der Waals surface area contributed by atoms with E-state index >= 15 is 0 Å². The van der Waals surface area contributed by atoms with Gasteiger partial charge in [0.2, 0.25) is 0 Å². The molecule has 0 amide bonds. The molecule has 0 aromatic heterocycles. The SMILES string of the molecule is COc1ccc(N=Nc2ccc(Cc3ccccc3)cc2)cc1. The van der Waals surface area contributed by atoms with Crippen LogP contribution in [0.3, 0.4) is 0 Å². The first-order valence-corrected chi connectivity index (χ1v) is 7.52. The number of hydrogen-bond donors (Lipinski definition) is 0. The molecule has 0 unspecified atom stereocenters. The normalized spacial score (nSPS) is 10.8. The summed E-state index contributed by atoms with van der Waals surface area (Å²) >= 11 is 0. The Bertz CT molecular complexity index is 763. The molecule has 0 N–H and O–H groups in total. The lowest BCUT2D eigenvalue weighted by Gasteiger charge is -2.02. The number of methoxy groups -OCH3 is 1. The van der Waals surface area contributed by atoms with Crippen LogP contribution in [0.25, 0.3) is 0 Å². The van der Waals surface area contributed by atoms with Crippen molar-refractivity contribution in [3.63, 3.8) is 0 Å². The molecule has 3 heteroatoms. The monoisotopic (exact) mass is 302 g/mol. The summed E-state index contributed by atoms with van der Waals surface area (Å²) in [7, 11) is 1.65. The Kier molecular flexibility index (Phi) is 4.79. The van der Waals surface area contributed by atoms with Crippen LogP contribution in [0.2, 0.25) is 0 Å². The van der Waals surface area contributed by atoms with E-state index in [-0.39, 0.29) is 0 Å². The number of nitrogens with zero attached hydrogens (tertiary/aromatic N) is 2. The van der Waals surface area contributed by atoms with Gasteiger partial charge >= 0.3 is 0 Å². The van der Waals surface area contributed by atoms with Gasteiger partial charge in [-0.15, -0.1) is 0 Å². The van der Waals surface area contributed by atoms with E-state index in [4.69, 9.17) is 4.74 Å². The predicted molar refractivity (Wildman–Crippen MR) is 92.9 cm³/mol. The largest absolute Gasteiger partial charge is 0.497 e. The fraction of sp³-hybridized carbons (Fsp3) is 0.100. The molecule has 0 bridgehead atoms. The minimum Gasteiger partial charge on any atom is -0.497 e. The van der Waals surface area contributed by atoms with Crippen LogP contribution in [0.5, 0.6) is 5.75 Å². The van der Waals surface area contributed by atoms with Gasteiger partial charge in [-0.25, -0.2) is 0 Å². The number of rotatable bonds is 5. The maximum absolute atomic E-state index is 5.12. The second-order valence-corrected chi connectivity index (χ2v) is 5.23. The number of benzene rings is 3. The van der Waals surface area contributed by atoms with Crippen LogP contribution in [0.15, 0.2) is 89.1 Å². The standard InChI is InChI=1S/C20H18N2O/c1-23-20-13-11-19(12-14-20)22-21-18-9-7-17(8-10-18)15-16-5-3-2-4-6-16/h2-14H,15H2,1H3. The van der Waals surface area contributed by atoms with Crippen LogP contribution in [-0.4, -0.2) is 7.11 Å². The van der Waals surface area contributed by atoms with Crippen molar-refractivity contribution in [1.82, 2.24) is 0 Å². The summed E-state index contributed by atoms with van der Waals surface area (Å²) in [4.78, 5) is 0. The Morgan fingerprint density at radius 3 is 1.74 bits per heavy atom. The highest BCUT2D eigenvalue weighted by Gasteiger charge is 1.97. The topological polar surface area (TPSA) is 34.0 Å². The third-order valence-corrected chi connectivity index (χ3v) is 3.54. The average molecular weight is 302 g/mol. The molecule has 3 aromatic carbocycles. The minimum absolute atomic E-state index is 0.805. The molecule has 0 heterocycles. The molecule has 3 aromatic rings. The zero-order chi connectivity index (χ0) is 15.9. The summed E-state index contributed by atoms with van der Waals surface area (Å²) < 4.78 is 5.12. The van der Waals surface area contributed by atoms with E-state index in [9.17, 15) is 0 Å². The van der Waals surface area contributed by atoms with Crippen molar-refractivity contribution in [3.05, 3.63) is 90.0 Å². The summed E-state index contributed by atoms with van der Waals surface area (Å²) in [6.45, 7) is 0. The number of hydrogen-bond acceptors (Lipinski definition) is 3. The fourth-order valence-corrected chi connectivity index (χ4v) is 2.28. The Morgan fingerprint density at radius 2 is 1.17 bits per heavy atom. The zero-order valence-corrected chi connectivity index (χ0v) is 13.0. The third kappa shape index (κ3) is 4.27. The summed E-state index contributed by atoms with van der Waals surface area (Å²) in [5.41, 5.74) is 4.22. The van der Waals surface area contributed by atoms with Crippen molar-refractivity contribution in [2.75, 3.05) is 7.11 Å². The van der Waals surface area contributed by atoms with Crippen molar-refractivity contribution in [3.8, 4) is 5.75 Å². The molecule has 0 atom stereocenters. The smallest absolute Gasteiger partial charge is 0.119 e. The van der Waals surface area contributed by atoms with Crippen LogP contribution in [-0.2, 0) is 6.42 Å². The molecular formula is C20H18N2O. The highest BCUT2D eigenvalue weighted by atomic mass is 16.5. The molecule has 0 spiro atoms. The molecule has 0 radical (unpaired) electrons. The molecule has 3 rings (SSSR count). The molecule has 0 aliphatic carbocycles.